The molecule has 0 heterocycles. The first kappa shape index (κ1) is 38.4. The second-order valence-electron chi connectivity index (χ2n) is 17.1. The molecule has 0 aromatic heterocycles. The van der Waals surface area contributed by atoms with Gasteiger partial charge in [-0.1, -0.05) is 267 Å². The molecule has 0 aliphatic rings. The molecule has 0 saturated heterocycles. The van der Waals surface area contributed by atoms with Gasteiger partial charge >= 0.3 is 0 Å². The van der Waals surface area contributed by atoms with Crippen molar-refractivity contribution in [1.82, 2.24) is 0 Å². The molecular formula is C65H44. The van der Waals surface area contributed by atoms with E-state index in [2.05, 4.69) is 267 Å². The number of rotatable bonds is 8. The Morgan fingerprint density at radius 3 is 0.585 bits per heavy atom. The van der Waals surface area contributed by atoms with Gasteiger partial charge in [-0.05, 0) is 110 Å². The second-order valence-corrected chi connectivity index (χ2v) is 17.1. The maximum Gasteiger partial charge on any atom is 0.0701 e. The molecule has 0 unspecified atom stereocenters. The van der Waals surface area contributed by atoms with Crippen LogP contribution in [0.3, 0.4) is 0 Å². The Kier molecular flexibility index (Phi) is 9.50. The van der Waals surface area contributed by atoms with Crippen LogP contribution in [0.2, 0.25) is 0 Å². The molecule has 65 heavy (non-hydrogen) atoms. The predicted molar refractivity (Wildman–Crippen MR) is 277 cm³/mol. The van der Waals surface area contributed by atoms with Crippen LogP contribution in [0.25, 0.3) is 87.6 Å². The molecule has 0 atom stereocenters. The number of hydrogen-bond acceptors (Lipinski definition) is 0. The van der Waals surface area contributed by atoms with Crippen LogP contribution in [0, 0.1) is 0 Å². The van der Waals surface area contributed by atoms with Gasteiger partial charge in [-0.3, -0.25) is 0 Å². The SMILES string of the molecule is c1ccc(-c2c3ccccc3c(-c3ccc(C(c4ccccc4)(c4ccccc4)c4ccc(-c5c6ccccc6c(-c6ccccc6)c6ccccc56)cc4)cc3)c3ccccc23)cc1. The molecular weight excluding hydrogens is 781 g/mol. The van der Waals surface area contributed by atoms with E-state index in [1.54, 1.807) is 0 Å². The Bertz CT molecular complexity index is 3290. The van der Waals surface area contributed by atoms with Crippen LogP contribution >= 0.6 is 0 Å². The van der Waals surface area contributed by atoms with Crippen molar-refractivity contribution in [1.29, 1.82) is 0 Å². The molecule has 0 heteroatoms. The van der Waals surface area contributed by atoms with Gasteiger partial charge in [-0.2, -0.15) is 0 Å². The Morgan fingerprint density at radius 1 is 0.154 bits per heavy atom. The van der Waals surface area contributed by atoms with Crippen molar-refractivity contribution in [2.24, 2.45) is 0 Å². The number of hydrogen-bond donors (Lipinski definition) is 0. The number of benzene rings is 12. The highest BCUT2D eigenvalue weighted by atomic mass is 14.4. The largest absolute Gasteiger partial charge is 0.0701 e. The van der Waals surface area contributed by atoms with E-state index in [0.717, 1.165) is 0 Å². The second kappa shape index (κ2) is 16.1. The normalized spacial score (nSPS) is 11.7. The van der Waals surface area contributed by atoms with Crippen LogP contribution in [0.4, 0.5) is 0 Å². The Morgan fingerprint density at radius 2 is 0.338 bits per heavy atom. The fraction of sp³-hybridized carbons (Fsp3) is 0.0154. The minimum Gasteiger partial charge on any atom is -0.0622 e. The summed E-state index contributed by atoms with van der Waals surface area (Å²) in [7, 11) is 0. The Labute approximate surface area is 380 Å². The summed E-state index contributed by atoms with van der Waals surface area (Å²) in [5.41, 5.74) is 14.2. The zero-order chi connectivity index (χ0) is 43.2. The van der Waals surface area contributed by atoms with Crippen molar-refractivity contribution in [3.8, 4) is 44.5 Å². The van der Waals surface area contributed by atoms with E-state index in [4.69, 9.17) is 0 Å². The standard InChI is InChI=1S/C65H44/c1-5-21-45(22-6-1)61-53-29-13-17-33-57(53)63(58-34-18-14-30-54(58)61)47-37-41-51(42-38-47)65(49-25-9-3-10-26-49,50-27-11-4-12-28-50)52-43-39-48(40-44-52)64-59-35-19-15-31-55(59)62(46-23-7-2-8-24-46)56-32-16-20-36-60(56)64/h1-44H. The van der Waals surface area contributed by atoms with Crippen LogP contribution < -0.4 is 0 Å². The predicted octanol–water partition coefficient (Wildman–Crippen LogP) is 17.4. The molecule has 0 aliphatic heterocycles. The van der Waals surface area contributed by atoms with Crippen molar-refractivity contribution in [3.05, 3.63) is 289 Å². The first-order chi connectivity index (χ1) is 32.3. The monoisotopic (exact) mass is 824 g/mol. The third-order valence-electron chi connectivity index (χ3n) is 13.6. The topological polar surface area (TPSA) is 0 Å². The van der Waals surface area contributed by atoms with E-state index < -0.39 is 5.41 Å². The van der Waals surface area contributed by atoms with E-state index in [0.29, 0.717) is 0 Å². The summed E-state index contributed by atoms with van der Waals surface area (Å²) < 4.78 is 0. The van der Waals surface area contributed by atoms with Gasteiger partial charge in [0.2, 0.25) is 0 Å². The highest BCUT2D eigenvalue weighted by Gasteiger charge is 2.38. The first-order valence-electron chi connectivity index (χ1n) is 22.6. The summed E-state index contributed by atoms with van der Waals surface area (Å²) in [6, 6.07) is 98.3. The maximum atomic E-state index is 2.38. The lowest BCUT2D eigenvalue weighted by molar-refractivity contribution is 0.745. The average molecular weight is 825 g/mol. The fourth-order valence-corrected chi connectivity index (χ4v) is 10.9. The average Bonchev–Trinajstić information content (AvgIpc) is 3.39. The number of fused-ring (bicyclic) bond motifs is 4. The van der Waals surface area contributed by atoms with Gasteiger partial charge in [-0.15, -0.1) is 0 Å². The molecule has 304 valence electrons. The quantitative estimate of drug-likeness (QED) is 0.106. The van der Waals surface area contributed by atoms with Gasteiger partial charge in [0.15, 0.2) is 0 Å². The molecule has 0 radical (unpaired) electrons. The molecule has 12 rings (SSSR count). The van der Waals surface area contributed by atoms with Gasteiger partial charge in [-0.25, -0.2) is 0 Å². The zero-order valence-corrected chi connectivity index (χ0v) is 35.9. The summed E-state index contributed by atoms with van der Waals surface area (Å²) in [5, 5.41) is 10.0. The Balaban J connectivity index is 1.06. The molecule has 0 fully saturated rings. The van der Waals surface area contributed by atoms with E-state index in [1.807, 2.05) is 0 Å². The van der Waals surface area contributed by atoms with E-state index in [9.17, 15) is 0 Å². The first-order valence-corrected chi connectivity index (χ1v) is 22.6. The molecule has 0 spiro atoms. The smallest absolute Gasteiger partial charge is 0.0622 e. The third-order valence-corrected chi connectivity index (χ3v) is 13.6. The molecule has 0 saturated carbocycles. The van der Waals surface area contributed by atoms with Crippen LogP contribution in [-0.4, -0.2) is 0 Å². The summed E-state index contributed by atoms with van der Waals surface area (Å²) in [5.74, 6) is 0. The molecule has 0 N–H and O–H groups in total. The Hall–Kier alpha value is -8.32. The minimum absolute atomic E-state index is 0.609. The maximum absolute atomic E-state index is 2.38. The lowest BCUT2D eigenvalue weighted by Crippen LogP contribution is -2.31. The molecule has 0 amide bonds. The van der Waals surface area contributed by atoms with E-state index >= 15 is 0 Å². The van der Waals surface area contributed by atoms with Gasteiger partial charge in [0, 0.05) is 0 Å². The molecule has 0 bridgehead atoms. The molecule has 12 aromatic carbocycles. The van der Waals surface area contributed by atoms with Crippen LogP contribution in [0.5, 0.6) is 0 Å². The zero-order valence-electron chi connectivity index (χ0n) is 35.9. The lowest BCUT2D eigenvalue weighted by atomic mass is 9.65. The van der Waals surface area contributed by atoms with E-state index in [1.165, 1.54) is 110 Å². The fourth-order valence-electron chi connectivity index (χ4n) is 10.9. The molecule has 0 nitrogen and oxygen atoms in total. The highest BCUT2D eigenvalue weighted by molar-refractivity contribution is 6.22. The van der Waals surface area contributed by atoms with Crippen LogP contribution in [0.1, 0.15) is 22.3 Å². The highest BCUT2D eigenvalue weighted by Crippen LogP contribution is 2.49. The summed E-state index contributed by atoms with van der Waals surface area (Å²) >= 11 is 0. The van der Waals surface area contributed by atoms with Gasteiger partial charge in [0.1, 0.15) is 0 Å². The summed E-state index contributed by atoms with van der Waals surface area (Å²) in [6.07, 6.45) is 0. The molecule has 12 aromatic rings. The third kappa shape index (κ3) is 6.29. The van der Waals surface area contributed by atoms with Crippen molar-refractivity contribution in [2.45, 2.75) is 5.41 Å². The van der Waals surface area contributed by atoms with Crippen LogP contribution in [-0.2, 0) is 5.41 Å². The van der Waals surface area contributed by atoms with Gasteiger partial charge < -0.3 is 0 Å². The summed E-state index contributed by atoms with van der Waals surface area (Å²) in [4.78, 5) is 0. The van der Waals surface area contributed by atoms with E-state index in [-0.39, 0.29) is 0 Å². The van der Waals surface area contributed by atoms with Crippen molar-refractivity contribution >= 4 is 43.1 Å². The minimum atomic E-state index is -0.609. The van der Waals surface area contributed by atoms with Crippen molar-refractivity contribution in [2.75, 3.05) is 0 Å². The van der Waals surface area contributed by atoms with Gasteiger partial charge in [0.05, 0.1) is 5.41 Å². The summed E-state index contributed by atoms with van der Waals surface area (Å²) in [6.45, 7) is 0. The van der Waals surface area contributed by atoms with Gasteiger partial charge in [0.25, 0.3) is 0 Å². The van der Waals surface area contributed by atoms with Crippen molar-refractivity contribution < 1.29 is 0 Å². The van der Waals surface area contributed by atoms with Crippen LogP contribution in [0.15, 0.2) is 267 Å². The molecule has 0 aliphatic carbocycles. The van der Waals surface area contributed by atoms with Crippen molar-refractivity contribution in [3.63, 3.8) is 0 Å². The lowest BCUT2D eigenvalue weighted by Gasteiger charge is -2.37.